The zero-order valence-corrected chi connectivity index (χ0v) is 21.4. The molecule has 1 fully saturated rings. The number of ether oxygens (including phenoxy) is 2. The summed E-state index contributed by atoms with van der Waals surface area (Å²) in [6, 6.07) is 0. The number of rotatable bonds is 18. The van der Waals surface area contributed by atoms with Gasteiger partial charge in [0, 0.05) is 6.42 Å². The van der Waals surface area contributed by atoms with Crippen molar-refractivity contribution in [2.75, 3.05) is 13.2 Å². The number of carbonyl (C=O) groups excluding carboxylic acids is 2. The maximum atomic E-state index is 12.3. The van der Waals surface area contributed by atoms with Crippen LogP contribution in [0.5, 0.6) is 0 Å². The van der Waals surface area contributed by atoms with Crippen molar-refractivity contribution in [1.82, 2.24) is 5.32 Å². The highest BCUT2D eigenvalue weighted by molar-refractivity contribution is 5.97. The maximum Gasteiger partial charge on any atom is 0.258 e. The minimum Gasteiger partial charge on any atom is -0.394 e. The van der Waals surface area contributed by atoms with E-state index in [-0.39, 0.29) is 6.42 Å². The van der Waals surface area contributed by atoms with E-state index in [1.165, 1.54) is 25.7 Å². The van der Waals surface area contributed by atoms with Gasteiger partial charge in [0.1, 0.15) is 42.7 Å². The number of unbranched alkanes of at least 4 members (excludes halogenated alkanes) is 8. The van der Waals surface area contributed by atoms with Crippen molar-refractivity contribution in [2.45, 2.75) is 126 Å². The second-order valence-electron chi connectivity index (χ2n) is 9.47. The van der Waals surface area contributed by atoms with E-state index in [0.717, 1.165) is 25.7 Å². The Morgan fingerprint density at radius 3 is 1.97 bits per heavy atom. The number of hydrogen-bond donors (Lipinski definition) is 9. The average molecular weight is 540 g/mol. The Morgan fingerprint density at radius 1 is 0.865 bits per heavy atom. The standard InChI is InChI=1S/C24H45NO12/c1-2-3-4-5-6-7-8-9-10-11-16(29)25-23(35)20(33)19(32)22(14(28)12-26)37-24-21(34)18(31)17(30)15(13-27)36-24/h14-15,17-22,24,26-28,30-34H,2-13H2,1H3,(H,25,29,35)/t14-,15-,17-,18+,19-,20-,21-,22-,24+/m1/s1. The van der Waals surface area contributed by atoms with E-state index in [0.29, 0.717) is 6.42 Å². The Balaban J connectivity index is 2.57. The summed E-state index contributed by atoms with van der Waals surface area (Å²) in [6.07, 6.45) is -7.52. The van der Waals surface area contributed by atoms with Gasteiger partial charge in [0.2, 0.25) is 5.91 Å². The van der Waals surface area contributed by atoms with E-state index in [2.05, 4.69) is 6.92 Å². The van der Waals surface area contributed by atoms with Crippen molar-refractivity contribution in [2.24, 2.45) is 0 Å². The first-order chi connectivity index (χ1) is 17.6. The Kier molecular flexibility index (Phi) is 16.5. The summed E-state index contributed by atoms with van der Waals surface area (Å²) in [4.78, 5) is 24.4. The van der Waals surface area contributed by atoms with Gasteiger partial charge in [0.25, 0.3) is 5.91 Å². The van der Waals surface area contributed by atoms with Crippen LogP contribution in [0, 0.1) is 0 Å². The van der Waals surface area contributed by atoms with Gasteiger partial charge >= 0.3 is 0 Å². The summed E-state index contributed by atoms with van der Waals surface area (Å²) < 4.78 is 10.4. The molecule has 1 rings (SSSR count). The predicted octanol–water partition coefficient (Wildman–Crippen LogP) is -2.19. The molecule has 1 aliphatic rings. The fourth-order valence-corrected chi connectivity index (χ4v) is 4.04. The highest BCUT2D eigenvalue weighted by Gasteiger charge is 2.47. The third kappa shape index (κ3) is 11.2. The van der Waals surface area contributed by atoms with Crippen LogP contribution in [0.25, 0.3) is 0 Å². The van der Waals surface area contributed by atoms with Crippen molar-refractivity contribution in [3.05, 3.63) is 0 Å². The molecule has 13 nitrogen and oxygen atoms in total. The van der Waals surface area contributed by atoms with Gasteiger partial charge < -0.3 is 50.3 Å². The quantitative estimate of drug-likeness (QED) is 0.0847. The zero-order valence-electron chi connectivity index (χ0n) is 21.4. The zero-order chi connectivity index (χ0) is 28.0. The summed E-state index contributed by atoms with van der Waals surface area (Å²) >= 11 is 0. The molecule has 1 heterocycles. The molecule has 2 amide bonds. The highest BCUT2D eigenvalue weighted by atomic mass is 16.7. The van der Waals surface area contributed by atoms with Gasteiger partial charge in [-0.05, 0) is 6.42 Å². The predicted molar refractivity (Wildman–Crippen MR) is 129 cm³/mol. The molecule has 0 unspecified atom stereocenters. The van der Waals surface area contributed by atoms with Gasteiger partial charge in [-0.3, -0.25) is 14.9 Å². The number of imide groups is 1. The van der Waals surface area contributed by atoms with Crippen LogP contribution < -0.4 is 5.32 Å². The maximum absolute atomic E-state index is 12.3. The average Bonchev–Trinajstić information content (AvgIpc) is 2.89. The molecule has 0 saturated carbocycles. The van der Waals surface area contributed by atoms with Crippen molar-refractivity contribution in [1.29, 1.82) is 0 Å². The van der Waals surface area contributed by atoms with Crippen LogP contribution in [-0.4, -0.2) is 121 Å². The highest BCUT2D eigenvalue weighted by Crippen LogP contribution is 2.25. The van der Waals surface area contributed by atoms with E-state index < -0.39 is 80.1 Å². The van der Waals surface area contributed by atoms with Crippen molar-refractivity contribution >= 4 is 11.8 Å². The molecular weight excluding hydrogens is 494 g/mol. The third-order valence-corrected chi connectivity index (χ3v) is 6.40. The molecule has 9 atom stereocenters. The van der Waals surface area contributed by atoms with Crippen LogP contribution in [0.3, 0.4) is 0 Å². The molecule has 1 aliphatic heterocycles. The lowest BCUT2D eigenvalue weighted by Crippen LogP contribution is -2.62. The Labute approximate surface area is 217 Å². The fourth-order valence-electron chi connectivity index (χ4n) is 4.04. The number of aliphatic hydroxyl groups is 8. The lowest BCUT2D eigenvalue weighted by Gasteiger charge is -2.42. The first-order valence-electron chi connectivity index (χ1n) is 13.0. The number of nitrogens with one attached hydrogen (secondary N) is 1. The number of amides is 2. The third-order valence-electron chi connectivity index (χ3n) is 6.40. The van der Waals surface area contributed by atoms with Gasteiger partial charge in [0.15, 0.2) is 12.4 Å². The molecule has 0 radical (unpaired) electrons. The van der Waals surface area contributed by atoms with Crippen LogP contribution in [0.1, 0.15) is 71.1 Å². The largest absolute Gasteiger partial charge is 0.394 e. The van der Waals surface area contributed by atoms with Gasteiger partial charge in [-0.2, -0.15) is 0 Å². The SMILES string of the molecule is CCCCCCCCCCCC(=O)NC(=O)[C@H](O)[C@@H](O)[C@H](O[C@@H]1O[C@H](CO)[C@@H](O)[C@H](O)[C@H]1O)[C@H](O)CO. The Hall–Kier alpha value is -1.26. The molecule has 0 spiro atoms. The topological polar surface area (TPSA) is 226 Å². The first-order valence-corrected chi connectivity index (χ1v) is 13.0. The van der Waals surface area contributed by atoms with Crippen molar-refractivity contribution in [3.8, 4) is 0 Å². The fraction of sp³-hybridized carbons (Fsp3) is 0.917. The van der Waals surface area contributed by atoms with Crippen LogP contribution in [0.15, 0.2) is 0 Å². The van der Waals surface area contributed by atoms with Crippen molar-refractivity contribution < 1.29 is 59.9 Å². The monoisotopic (exact) mass is 539 g/mol. The molecule has 9 N–H and O–H groups in total. The van der Waals surface area contributed by atoms with E-state index >= 15 is 0 Å². The Morgan fingerprint density at radius 2 is 1.43 bits per heavy atom. The van der Waals surface area contributed by atoms with E-state index in [1.807, 2.05) is 5.32 Å². The van der Waals surface area contributed by atoms with E-state index in [4.69, 9.17) is 9.47 Å². The Bertz CT molecular complexity index is 651. The van der Waals surface area contributed by atoms with Gasteiger partial charge in [-0.1, -0.05) is 58.3 Å². The summed E-state index contributed by atoms with van der Waals surface area (Å²) in [7, 11) is 0. The molecule has 0 aliphatic carbocycles. The molecule has 0 aromatic carbocycles. The minimum atomic E-state index is -2.27. The number of aliphatic hydroxyl groups excluding tert-OH is 8. The second-order valence-corrected chi connectivity index (χ2v) is 9.47. The normalized spacial score (nSPS) is 27.3. The summed E-state index contributed by atoms with van der Waals surface area (Å²) in [5, 5.41) is 81.1. The van der Waals surface area contributed by atoms with Gasteiger partial charge in [0.05, 0.1) is 13.2 Å². The van der Waals surface area contributed by atoms with E-state index in [9.17, 15) is 50.4 Å². The number of hydrogen-bond acceptors (Lipinski definition) is 12. The van der Waals surface area contributed by atoms with Gasteiger partial charge in [-0.15, -0.1) is 0 Å². The molecular formula is C24H45NO12. The second kappa shape index (κ2) is 18.1. The van der Waals surface area contributed by atoms with Crippen LogP contribution in [-0.2, 0) is 19.1 Å². The number of carbonyl (C=O) groups is 2. The van der Waals surface area contributed by atoms with Crippen LogP contribution >= 0.6 is 0 Å². The summed E-state index contributed by atoms with van der Waals surface area (Å²) in [5.74, 6) is -1.92. The summed E-state index contributed by atoms with van der Waals surface area (Å²) in [6.45, 7) is 0.391. The molecule has 37 heavy (non-hydrogen) atoms. The molecule has 0 aromatic rings. The molecule has 218 valence electrons. The van der Waals surface area contributed by atoms with Crippen LogP contribution in [0.2, 0.25) is 0 Å². The lowest BCUT2D eigenvalue weighted by molar-refractivity contribution is -0.326. The van der Waals surface area contributed by atoms with Crippen LogP contribution in [0.4, 0.5) is 0 Å². The summed E-state index contributed by atoms with van der Waals surface area (Å²) in [5.41, 5.74) is 0. The molecule has 0 aromatic heterocycles. The van der Waals surface area contributed by atoms with Gasteiger partial charge in [-0.25, -0.2) is 0 Å². The molecule has 13 heteroatoms. The van der Waals surface area contributed by atoms with E-state index in [1.54, 1.807) is 0 Å². The molecule has 0 bridgehead atoms. The first kappa shape index (κ1) is 33.8. The minimum absolute atomic E-state index is 0.0362. The lowest BCUT2D eigenvalue weighted by atomic mass is 9.98. The smallest absolute Gasteiger partial charge is 0.258 e. The van der Waals surface area contributed by atoms with Crippen molar-refractivity contribution in [3.63, 3.8) is 0 Å². The molecule has 1 saturated heterocycles.